The Labute approximate surface area is 155 Å². The van der Waals surface area contributed by atoms with Gasteiger partial charge in [0, 0.05) is 24.4 Å². The van der Waals surface area contributed by atoms with Crippen LogP contribution in [0.2, 0.25) is 0 Å². The van der Waals surface area contributed by atoms with Gasteiger partial charge in [0.25, 0.3) is 5.91 Å². The number of aromatic nitrogens is 3. The van der Waals surface area contributed by atoms with Crippen LogP contribution in [-0.4, -0.2) is 27.6 Å². The zero-order valence-corrected chi connectivity index (χ0v) is 14.7. The van der Waals surface area contributed by atoms with Gasteiger partial charge in [-0.25, -0.2) is 4.52 Å². The predicted octanol–water partition coefficient (Wildman–Crippen LogP) is 3.08. The summed E-state index contributed by atoms with van der Waals surface area (Å²) >= 11 is 0. The van der Waals surface area contributed by atoms with Crippen molar-refractivity contribution in [1.29, 1.82) is 0 Å². The molecule has 4 N–H and O–H groups in total. The highest BCUT2D eigenvalue weighted by Crippen LogP contribution is 2.23. The van der Waals surface area contributed by atoms with Gasteiger partial charge in [-0.2, -0.15) is 4.98 Å². The number of amides is 1. The fourth-order valence-corrected chi connectivity index (χ4v) is 2.82. The molecule has 0 aliphatic carbocycles. The first-order valence-corrected chi connectivity index (χ1v) is 8.44. The Bertz CT molecular complexity index is 1130. The quantitative estimate of drug-likeness (QED) is 0.487. The first kappa shape index (κ1) is 16.6. The zero-order valence-electron chi connectivity index (χ0n) is 14.7. The van der Waals surface area contributed by atoms with Crippen molar-refractivity contribution in [3.8, 4) is 11.1 Å². The molecule has 2 aromatic heterocycles. The Morgan fingerprint density at radius 3 is 2.70 bits per heavy atom. The topological polar surface area (TPSA) is 97.3 Å². The maximum absolute atomic E-state index is 11.9. The lowest BCUT2D eigenvalue weighted by Gasteiger charge is -2.05. The van der Waals surface area contributed by atoms with Crippen molar-refractivity contribution in [2.75, 3.05) is 18.1 Å². The third-order valence-corrected chi connectivity index (χ3v) is 4.22. The summed E-state index contributed by atoms with van der Waals surface area (Å²) in [6, 6.07) is 18.7. The summed E-state index contributed by atoms with van der Waals surface area (Å²) in [7, 11) is 1.62. The lowest BCUT2D eigenvalue weighted by molar-refractivity contribution is 0.0963. The van der Waals surface area contributed by atoms with E-state index in [1.165, 1.54) is 0 Å². The molecule has 27 heavy (non-hydrogen) atoms. The van der Waals surface area contributed by atoms with Crippen LogP contribution in [0.15, 0.2) is 66.9 Å². The van der Waals surface area contributed by atoms with Gasteiger partial charge in [-0.05, 0) is 42.0 Å². The number of carbonyl (C=O) groups excluding carboxylic acids is 1. The maximum Gasteiger partial charge on any atom is 0.251 e. The van der Waals surface area contributed by atoms with Gasteiger partial charge in [0.05, 0.1) is 11.4 Å². The SMILES string of the molecule is CNC(=O)c1cccc(-c2ccc3nc(Nc4ccccc4N)nn3c2)c1. The Morgan fingerprint density at radius 1 is 1.04 bits per heavy atom. The fraction of sp³-hybridized carbons (Fsp3) is 0.0500. The first-order chi connectivity index (χ1) is 13.1. The van der Waals surface area contributed by atoms with Crippen molar-refractivity contribution in [2.45, 2.75) is 0 Å². The van der Waals surface area contributed by atoms with Crippen LogP contribution in [0.5, 0.6) is 0 Å². The van der Waals surface area contributed by atoms with E-state index >= 15 is 0 Å². The van der Waals surface area contributed by atoms with Gasteiger partial charge in [0.2, 0.25) is 5.95 Å². The lowest BCUT2D eigenvalue weighted by atomic mass is 10.0. The highest BCUT2D eigenvalue weighted by Gasteiger charge is 2.09. The van der Waals surface area contributed by atoms with Crippen LogP contribution in [0.3, 0.4) is 0 Å². The number of nitrogen functional groups attached to an aromatic ring is 1. The number of anilines is 3. The van der Waals surface area contributed by atoms with E-state index in [1.54, 1.807) is 17.6 Å². The molecule has 0 bridgehead atoms. The molecule has 0 radical (unpaired) electrons. The van der Waals surface area contributed by atoms with E-state index in [0.29, 0.717) is 22.8 Å². The number of pyridine rings is 1. The van der Waals surface area contributed by atoms with Crippen molar-refractivity contribution in [3.05, 3.63) is 72.4 Å². The molecule has 1 amide bonds. The van der Waals surface area contributed by atoms with Gasteiger partial charge in [-0.15, -0.1) is 5.10 Å². The smallest absolute Gasteiger partial charge is 0.251 e. The monoisotopic (exact) mass is 358 g/mol. The summed E-state index contributed by atoms with van der Waals surface area (Å²) in [6.45, 7) is 0. The minimum Gasteiger partial charge on any atom is -0.397 e. The molecule has 134 valence electrons. The molecule has 4 aromatic rings. The van der Waals surface area contributed by atoms with Gasteiger partial charge in [0.15, 0.2) is 5.65 Å². The molecule has 2 aromatic carbocycles. The minimum atomic E-state index is -0.120. The van der Waals surface area contributed by atoms with Crippen LogP contribution < -0.4 is 16.4 Å². The average molecular weight is 358 g/mol. The van der Waals surface area contributed by atoms with Gasteiger partial charge in [-0.1, -0.05) is 24.3 Å². The molecule has 0 aliphatic heterocycles. The fourth-order valence-electron chi connectivity index (χ4n) is 2.82. The molecule has 2 heterocycles. The van der Waals surface area contributed by atoms with Crippen LogP contribution >= 0.6 is 0 Å². The highest BCUT2D eigenvalue weighted by molar-refractivity contribution is 5.95. The third-order valence-electron chi connectivity index (χ3n) is 4.22. The largest absolute Gasteiger partial charge is 0.397 e. The molecule has 0 spiro atoms. The number of carbonyl (C=O) groups is 1. The maximum atomic E-state index is 11.9. The molecular weight excluding hydrogens is 340 g/mol. The number of nitrogens with zero attached hydrogens (tertiary/aromatic N) is 3. The van der Waals surface area contributed by atoms with Gasteiger partial charge < -0.3 is 16.4 Å². The van der Waals surface area contributed by atoms with E-state index in [9.17, 15) is 4.79 Å². The second kappa shape index (κ2) is 6.80. The second-order valence-corrected chi connectivity index (χ2v) is 6.03. The van der Waals surface area contributed by atoms with Crippen molar-refractivity contribution in [2.24, 2.45) is 0 Å². The lowest BCUT2D eigenvalue weighted by Crippen LogP contribution is -2.17. The van der Waals surface area contributed by atoms with E-state index in [-0.39, 0.29) is 5.91 Å². The third kappa shape index (κ3) is 3.30. The van der Waals surface area contributed by atoms with Crippen LogP contribution in [0.25, 0.3) is 16.8 Å². The second-order valence-electron chi connectivity index (χ2n) is 6.03. The minimum absolute atomic E-state index is 0.120. The summed E-state index contributed by atoms with van der Waals surface area (Å²) in [5, 5.41) is 10.2. The number of hydrogen-bond donors (Lipinski definition) is 3. The molecule has 7 heteroatoms. The van der Waals surface area contributed by atoms with E-state index in [2.05, 4.69) is 20.7 Å². The van der Waals surface area contributed by atoms with Crippen molar-refractivity contribution in [3.63, 3.8) is 0 Å². The molecule has 0 saturated heterocycles. The Kier molecular flexibility index (Phi) is 4.18. The summed E-state index contributed by atoms with van der Waals surface area (Å²) < 4.78 is 1.70. The van der Waals surface area contributed by atoms with Gasteiger partial charge in [0.1, 0.15) is 0 Å². The number of benzene rings is 2. The standard InChI is InChI=1S/C20H18N6O/c1-22-19(27)14-6-4-5-13(11-14)15-9-10-18-24-20(25-26(18)12-15)23-17-8-3-2-7-16(17)21/h2-12H,21H2,1H3,(H,22,27)(H,23,25). The molecular formula is C20H18N6O. The molecule has 7 nitrogen and oxygen atoms in total. The normalized spacial score (nSPS) is 10.7. The number of hydrogen-bond acceptors (Lipinski definition) is 5. The Balaban J connectivity index is 1.67. The van der Waals surface area contributed by atoms with E-state index in [0.717, 1.165) is 16.8 Å². The molecule has 0 unspecified atom stereocenters. The number of nitrogens with two attached hydrogens (primary N) is 1. The van der Waals surface area contributed by atoms with Gasteiger partial charge in [-0.3, -0.25) is 4.79 Å². The van der Waals surface area contributed by atoms with E-state index < -0.39 is 0 Å². The Morgan fingerprint density at radius 2 is 1.89 bits per heavy atom. The van der Waals surface area contributed by atoms with Crippen molar-refractivity contribution in [1.82, 2.24) is 19.9 Å². The number of para-hydroxylation sites is 2. The highest BCUT2D eigenvalue weighted by atomic mass is 16.1. The summed E-state index contributed by atoms with van der Waals surface area (Å²) in [4.78, 5) is 16.3. The van der Waals surface area contributed by atoms with Crippen LogP contribution in [0.1, 0.15) is 10.4 Å². The summed E-state index contributed by atoms with van der Waals surface area (Å²) in [5.74, 6) is 0.342. The van der Waals surface area contributed by atoms with E-state index in [4.69, 9.17) is 5.73 Å². The van der Waals surface area contributed by atoms with Crippen LogP contribution in [0.4, 0.5) is 17.3 Å². The average Bonchev–Trinajstić information content (AvgIpc) is 3.10. The number of rotatable bonds is 4. The number of fused-ring (bicyclic) bond motifs is 1. The summed E-state index contributed by atoms with van der Waals surface area (Å²) in [5.41, 5.74) is 10.5. The van der Waals surface area contributed by atoms with Crippen molar-refractivity contribution < 1.29 is 4.79 Å². The van der Waals surface area contributed by atoms with Crippen LogP contribution in [0, 0.1) is 0 Å². The molecule has 0 fully saturated rings. The molecule has 0 saturated carbocycles. The molecule has 0 atom stereocenters. The first-order valence-electron chi connectivity index (χ1n) is 8.44. The summed E-state index contributed by atoms with van der Waals surface area (Å²) in [6.07, 6.45) is 1.88. The van der Waals surface area contributed by atoms with E-state index in [1.807, 2.05) is 60.8 Å². The van der Waals surface area contributed by atoms with Gasteiger partial charge >= 0.3 is 0 Å². The number of nitrogens with one attached hydrogen (secondary N) is 2. The molecule has 4 rings (SSSR count). The predicted molar refractivity (Wildman–Crippen MR) is 106 cm³/mol. The van der Waals surface area contributed by atoms with Crippen LogP contribution in [-0.2, 0) is 0 Å². The molecule has 0 aliphatic rings. The van der Waals surface area contributed by atoms with Crippen molar-refractivity contribution >= 4 is 28.9 Å². The zero-order chi connectivity index (χ0) is 18.8. The Hall–Kier alpha value is -3.87.